The first kappa shape index (κ1) is 51.6. The standard InChI is InChI=1S/C41H53N11O14P2SSi/c1-22(2)34(54)49-39-48-33-26(36(56)50-39)46-21-52(33)38-28(64-67(57)58)27(66-70(6,7)40(3,4)5)24(69-38)16-62-68(59,61-15-11-14-42)65-30-29-37(63-41(30,17-53)18-60-29)51-20-45-25-31(43-19-44-32(25)51)47-35(55)23-12-9-8-10-13-23/h8-10,12-13,19-22,24,27-30,37-38,53,67H,11,15-18H2,1-7H3,(H,57,58)(H,43,44,47,55)(H2,48,49,50,54,56)/t24-,27-,28-,29-,30+,37-,38-,41+,68?/m1/s1. The maximum Gasteiger partial charge on any atom is 0.475 e. The van der Waals surface area contributed by atoms with Crippen LogP contribution in [0.2, 0.25) is 18.1 Å². The van der Waals surface area contributed by atoms with Crippen molar-refractivity contribution < 1.29 is 60.7 Å². The largest absolute Gasteiger partial charge is 0.475 e. The lowest BCUT2D eigenvalue weighted by molar-refractivity contribution is -0.185. The normalized spacial score (nSPS) is 25.9. The van der Waals surface area contributed by atoms with E-state index in [1.54, 1.807) is 44.2 Å². The van der Waals surface area contributed by atoms with Crippen molar-refractivity contribution in [1.82, 2.24) is 39.0 Å². The van der Waals surface area contributed by atoms with E-state index in [2.05, 4.69) is 40.5 Å². The number of carbonyl (C=O) groups is 2. The summed E-state index contributed by atoms with van der Waals surface area (Å²) in [5, 5.41) is 23.4. The molecule has 2 bridgehead atoms. The fourth-order valence-corrected chi connectivity index (χ4v) is 12.9. The number of imidazole rings is 2. The minimum atomic E-state index is -4.80. The lowest BCUT2D eigenvalue weighted by Crippen LogP contribution is -2.50. The monoisotopic (exact) mass is 1050 g/mol. The number of thioether (sulfide) groups is 1. The lowest BCUT2D eigenvalue weighted by Gasteiger charge is -2.41. The molecule has 1 aromatic carbocycles. The number of hydrogen-bond donors (Lipinski definition) is 5. The minimum absolute atomic E-state index is 0.0128. The zero-order chi connectivity index (χ0) is 50.3. The number of anilines is 2. The van der Waals surface area contributed by atoms with Crippen LogP contribution in [-0.2, 0) is 45.9 Å². The molecule has 0 aliphatic carbocycles. The van der Waals surface area contributed by atoms with Gasteiger partial charge in [-0.3, -0.25) is 52.0 Å². The highest BCUT2D eigenvalue weighted by molar-refractivity contribution is 8.00. The summed E-state index contributed by atoms with van der Waals surface area (Å²) in [6, 6.07) is 10.4. The average molecular weight is 1050 g/mol. The predicted octanol–water partition coefficient (Wildman–Crippen LogP) is 4.68. The van der Waals surface area contributed by atoms with Crippen LogP contribution in [0.5, 0.6) is 0 Å². The second kappa shape index (κ2) is 20.4. The third-order valence-electron chi connectivity index (χ3n) is 12.5. The molecule has 5 N–H and O–H groups in total. The maximum atomic E-state index is 15.0. The molecule has 2 unspecified atom stereocenters. The molecule has 3 aliphatic heterocycles. The molecule has 2 amide bonds. The number of benzene rings is 1. The van der Waals surface area contributed by atoms with Gasteiger partial charge in [-0.25, -0.2) is 24.5 Å². The van der Waals surface area contributed by atoms with Gasteiger partial charge in [-0.1, -0.05) is 52.8 Å². The molecule has 25 nitrogen and oxygen atoms in total. The Morgan fingerprint density at radius 1 is 1.09 bits per heavy atom. The number of aliphatic hydroxyl groups is 1. The van der Waals surface area contributed by atoms with Crippen LogP contribution in [0.25, 0.3) is 22.3 Å². The number of phosphoric acid groups is 1. The summed E-state index contributed by atoms with van der Waals surface area (Å²) in [5.41, 5.74) is -1.55. The number of aliphatic hydroxyl groups excluding tert-OH is 1. The molecule has 5 aromatic rings. The molecule has 10 atom stereocenters. The van der Waals surface area contributed by atoms with E-state index in [1.165, 1.54) is 28.1 Å². The molecule has 0 radical (unpaired) electrons. The van der Waals surface area contributed by atoms with E-state index in [1.807, 2.05) is 39.9 Å². The van der Waals surface area contributed by atoms with Gasteiger partial charge in [0.25, 0.3) is 11.5 Å². The van der Waals surface area contributed by atoms with Crippen LogP contribution in [0.3, 0.4) is 0 Å². The van der Waals surface area contributed by atoms with E-state index in [9.17, 15) is 34.2 Å². The van der Waals surface area contributed by atoms with Gasteiger partial charge in [0.05, 0.1) is 62.9 Å². The fourth-order valence-electron chi connectivity index (χ4n) is 7.79. The molecule has 376 valence electrons. The first-order valence-corrected chi connectivity index (χ1v) is 28.6. The Bertz CT molecular complexity index is 2930. The van der Waals surface area contributed by atoms with Gasteiger partial charge in [-0.2, -0.15) is 10.2 Å². The van der Waals surface area contributed by atoms with Crippen LogP contribution >= 0.6 is 27.8 Å². The van der Waals surface area contributed by atoms with Crippen molar-refractivity contribution in [2.75, 3.05) is 37.1 Å². The van der Waals surface area contributed by atoms with Crippen molar-refractivity contribution in [3.63, 3.8) is 0 Å². The Labute approximate surface area is 406 Å². The second-order valence-electron chi connectivity index (χ2n) is 18.5. The second-order valence-corrected chi connectivity index (χ2v) is 27.0. The lowest BCUT2D eigenvalue weighted by atomic mass is 10.0. The van der Waals surface area contributed by atoms with Crippen molar-refractivity contribution in [1.29, 1.82) is 5.26 Å². The highest BCUT2D eigenvalue weighted by Crippen LogP contribution is 2.59. The molecule has 3 saturated heterocycles. The maximum absolute atomic E-state index is 15.0. The first-order chi connectivity index (χ1) is 33.2. The number of aromatic amines is 1. The number of nitrogens with one attached hydrogen (secondary N) is 3. The molecule has 3 fully saturated rings. The quantitative estimate of drug-likeness (QED) is 0.0426. The molecular weight excluding hydrogens is 993 g/mol. The summed E-state index contributed by atoms with van der Waals surface area (Å²) >= 11 is 1.13. The zero-order valence-electron chi connectivity index (χ0n) is 39.0. The summed E-state index contributed by atoms with van der Waals surface area (Å²) in [5.74, 6) is -1.34. The number of rotatable bonds is 19. The number of H-pyrrole nitrogens is 1. The smallest absolute Gasteiger partial charge is 0.410 e. The molecule has 3 aliphatic rings. The summed E-state index contributed by atoms with van der Waals surface area (Å²) in [4.78, 5) is 73.6. The molecule has 70 heavy (non-hydrogen) atoms. The van der Waals surface area contributed by atoms with E-state index < -0.39 is 119 Å². The summed E-state index contributed by atoms with van der Waals surface area (Å²) < 4.78 is 74.2. The molecule has 8 rings (SSSR count). The number of amides is 2. The number of aromatic nitrogens is 8. The predicted molar refractivity (Wildman–Crippen MR) is 254 cm³/mol. The van der Waals surface area contributed by atoms with Crippen LogP contribution < -0.4 is 16.2 Å². The Kier molecular flexibility index (Phi) is 15.0. The van der Waals surface area contributed by atoms with Crippen LogP contribution in [0, 0.1) is 17.2 Å². The zero-order valence-corrected chi connectivity index (χ0v) is 42.7. The molecule has 7 heterocycles. The van der Waals surface area contributed by atoms with E-state index in [0.29, 0.717) is 5.56 Å². The van der Waals surface area contributed by atoms with Gasteiger partial charge in [0.2, 0.25) is 11.9 Å². The molecule has 29 heteroatoms. The highest BCUT2D eigenvalue weighted by atomic mass is 32.2. The third kappa shape index (κ3) is 10.3. The summed E-state index contributed by atoms with van der Waals surface area (Å²) in [6.45, 7) is 11.5. The number of nitrogens with zero attached hydrogens (tertiary/aromatic N) is 8. The number of ether oxygens (including phenoxy) is 2. The Balaban J connectivity index is 1.10. The van der Waals surface area contributed by atoms with Gasteiger partial charge < -0.3 is 33.7 Å². The fraction of sp³-hybridized carbons (Fsp3) is 0.537. The van der Waals surface area contributed by atoms with Crippen LogP contribution in [0.1, 0.15) is 63.0 Å². The van der Waals surface area contributed by atoms with Gasteiger partial charge in [0.15, 0.2) is 42.7 Å². The van der Waals surface area contributed by atoms with Crippen LogP contribution in [0.15, 0.2) is 54.1 Å². The number of fused-ring (bicyclic) bond motifs is 4. The molecule has 4 aromatic heterocycles. The summed E-state index contributed by atoms with van der Waals surface area (Å²) in [7, 11) is -11.3. The Morgan fingerprint density at radius 2 is 1.81 bits per heavy atom. The van der Waals surface area contributed by atoms with E-state index in [-0.39, 0.29) is 47.1 Å². The van der Waals surface area contributed by atoms with Crippen LogP contribution in [-0.4, -0.2) is 131 Å². The topological polar surface area (TPSA) is 328 Å². The van der Waals surface area contributed by atoms with Crippen molar-refractivity contribution in [3.05, 3.63) is 65.2 Å². The van der Waals surface area contributed by atoms with E-state index >= 15 is 4.57 Å². The summed E-state index contributed by atoms with van der Waals surface area (Å²) in [6.07, 6.45) is -2.06. The van der Waals surface area contributed by atoms with E-state index in [4.69, 9.17) is 32.0 Å². The number of hydrogen-bond acceptors (Lipinski definition) is 20. The van der Waals surface area contributed by atoms with Crippen molar-refractivity contribution in [2.24, 2.45) is 5.92 Å². The Morgan fingerprint density at radius 3 is 2.50 bits per heavy atom. The van der Waals surface area contributed by atoms with Gasteiger partial charge in [0.1, 0.15) is 35.6 Å². The number of phosphoric ester groups is 1. The van der Waals surface area contributed by atoms with Crippen molar-refractivity contribution in [2.45, 2.75) is 106 Å². The average Bonchev–Trinajstić information content (AvgIpc) is 4.14. The number of nitriles is 1. The number of carbonyl (C=O) groups excluding carboxylic acids is 2. The highest BCUT2D eigenvalue weighted by Gasteiger charge is 2.65. The third-order valence-corrected chi connectivity index (χ3v) is 20.4. The van der Waals surface area contributed by atoms with E-state index in [0.717, 1.165) is 11.8 Å². The van der Waals surface area contributed by atoms with Gasteiger partial charge in [-0.05, 0) is 30.3 Å². The van der Waals surface area contributed by atoms with Crippen molar-refractivity contribution in [3.8, 4) is 6.07 Å². The minimum Gasteiger partial charge on any atom is -0.410 e. The SMILES string of the molecule is CC(C)C(=O)Nc1nc2c(ncn2[C@@H]2S[C@H](COP(=O)(OCCC#N)O[C@H]3[C@H]4OC[C@]3(CO)O[C@H]4n3cnc4c(NC(=O)c5ccccc5)ncnc43)[C@@H](O[Si](C)(C)C(C)(C)C)[C@H]2O[PH](=O)O)c(=O)[nH]1. The van der Waals surface area contributed by atoms with Gasteiger partial charge in [-0.15, -0.1) is 11.8 Å². The Hall–Kier alpha value is -4.78. The molecule has 0 spiro atoms. The molecule has 0 saturated carbocycles. The van der Waals surface area contributed by atoms with Crippen LogP contribution in [0.4, 0.5) is 11.8 Å². The first-order valence-electron chi connectivity index (χ1n) is 22.1. The van der Waals surface area contributed by atoms with Gasteiger partial charge >= 0.3 is 16.1 Å². The van der Waals surface area contributed by atoms with Gasteiger partial charge in [0, 0.05) is 11.5 Å². The van der Waals surface area contributed by atoms with Crippen molar-refractivity contribution >= 4 is 82.1 Å². The molecular formula is C41H53N11O14P2SSi.